The Labute approximate surface area is 182 Å². The highest BCUT2D eigenvalue weighted by Gasteiger charge is 2.01. The van der Waals surface area contributed by atoms with Crippen LogP contribution in [0.15, 0.2) is 45.3 Å². The summed E-state index contributed by atoms with van der Waals surface area (Å²) in [6.45, 7) is 2.51. The van der Waals surface area contributed by atoms with Crippen molar-refractivity contribution in [1.29, 1.82) is 0 Å². The van der Waals surface area contributed by atoms with Crippen molar-refractivity contribution < 1.29 is 4.42 Å². The second-order valence-corrected chi connectivity index (χ2v) is 7.85. The van der Waals surface area contributed by atoms with Gasteiger partial charge in [-0.2, -0.15) is 11.8 Å². The molecule has 2 aromatic rings. The van der Waals surface area contributed by atoms with Crippen LogP contribution >= 0.6 is 47.1 Å². The maximum atomic E-state index is 5.38. The summed E-state index contributed by atoms with van der Waals surface area (Å²) in [7, 11) is 0. The summed E-state index contributed by atoms with van der Waals surface area (Å²) in [6, 6.07) is 8.13. The largest absolute Gasteiger partial charge is 0.469 e. The fourth-order valence-electron chi connectivity index (χ4n) is 2.42. The lowest BCUT2D eigenvalue weighted by molar-refractivity contribution is 0.506. The highest BCUT2D eigenvalue weighted by Crippen LogP contribution is 2.09. The highest BCUT2D eigenvalue weighted by atomic mass is 127. The van der Waals surface area contributed by atoms with E-state index in [0.717, 1.165) is 37.8 Å². The average Bonchev–Trinajstić information content (AvgIpc) is 3.32. The number of rotatable bonds is 12. The van der Waals surface area contributed by atoms with Crippen LogP contribution < -0.4 is 10.6 Å². The van der Waals surface area contributed by atoms with Gasteiger partial charge in [0.15, 0.2) is 5.96 Å². The molecule has 7 heteroatoms. The highest BCUT2D eigenvalue weighted by molar-refractivity contribution is 14.0. The van der Waals surface area contributed by atoms with Crippen molar-refractivity contribution in [2.45, 2.75) is 38.6 Å². The molecule has 0 bridgehead atoms. The summed E-state index contributed by atoms with van der Waals surface area (Å²) in [5, 5.41) is 8.97. The van der Waals surface area contributed by atoms with Gasteiger partial charge in [-0.25, -0.2) is 4.99 Å². The van der Waals surface area contributed by atoms with Gasteiger partial charge in [0, 0.05) is 24.4 Å². The molecule has 0 aromatic carbocycles. The molecule has 0 aliphatic heterocycles. The van der Waals surface area contributed by atoms with Crippen LogP contribution in [-0.2, 0) is 13.0 Å². The summed E-state index contributed by atoms with van der Waals surface area (Å²) >= 11 is 3.68. The van der Waals surface area contributed by atoms with Crippen molar-refractivity contribution in [2.75, 3.05) is 25.1 Å². The number of guanidine groups is 1. The number of hydrogen-bond donors (Lipinski definition) is 2. The molecule has 2 heterocycles. The van der Waals surface area contributed by atoms with Gasteiger partial charge >= 0.3 is 0 Å². The molecule has 0 radical (unpaired) electrons. The number of furan rings is 1. The van der Waals surface area contributed by atoms with Crippen LogP contribution in [0.3, 0.4) is 0 Å². The minimum Gasteiger partial charge on any atom is -0.469 e. The minimum absolute atomic E-state index is 0. The summed E-state index contributed by atoms with van der Waals surface area (Å²) in [5.74, 6) is 3.16. The molecular formula is C19H30IN3OS2. The molecular weight excluding hydrogens is 477 g/mol. The maximum absolute atomic E-state index is 5.38. The normalized spacial score (nSPS) is 11.2. The van der Waals surface area contributed by atoms with Crippen LogP contribution in [-0.4, -0.2) is 31.1 Å². The molecule has 0 fully saturated rings. The van der Waals surface area contributed by atoms with Gasteiger partial charge < -0.3 is 15.1 Å². The number of nitrogens with zero attached hydrogens (tertiary/aromatic N) is 1. The molecule has 26 heavy (non-hydrogen) atoms. The third-order valence-electron chi connectivity index (χ3n) is 3.78. The fraction of sp³-hybridized carbons (Fsp3) is 0.526. The van der Waals surface area contributed by atoms with Crippen LogP contribution in [0.5, 0.6) is 0 Å². The van der Waals surface area contributed by atoms with Gasteiger partial charge in [0.05, 0.1) is 12.8 Å². The molecule has 2 rings (SSSR count). The monoisotopic (exact) mass is 507 g/mol. The summed E-state index contributed by atoms with van der Waals surface area (Å²) in [4.78, 5) is 5.98. The van der Waals surface area contributed by atoms with Crippen molar-refractivity contribution >= 4 is 53.0 Å². The Morgan fingerprint density at radius 3 is 2.69 bits per heavy atom. The van der Waals surface area contributed by atoms with E-state index in [0.29, 0.717) is 0 Å². The number of unbranched alkanes of at least 4 members (excludes halogenated alkanes) is 3. The van der Waals surface area contributed by atoms with Gasteiger partial charge in [0.1, 0.15) is 5.76 Å². The van der Waals surface area contributed by atoms with Gasteiger partial charge in [-0.3, -0.25) is 0 Å². The van der Waals surface area contributed by atoms with E-state index in [9.17, 15) is 0 Å². The Morgan fingerprint density at radius 1 is 1.12 bits per heavy atom. The Balaban J connectivity index is 0.00000338. The summed E-state index contributed by atoms with van der Waals surface area (Å²) in [5.41, 5.74) is 0. The zero-order valence-electron chi connectivity index (χ0n) is 15.4. The van der Waals surface area contributed by atoms with Crippen LogP contribution in [0, 0.1) is 0 Å². The minimum atomic E-state index is 0. The zero-order valence-corrected chi connectivity index (χ0v) is 19.4. The van der Waals surface area contributed by atoms with E-state index < -0.39 is 0 Å². The van der Waals surface area contributed by atoms with Crippen molar-refractivity contribution in [3.63, 3.8) is 0 Å². The van der Waals surface area contributed by atoms with Gasteiger partial charge in [-0.05, 0) is 48.4 Å². The van der Waals surface area contributed by atoms with Gasteiger partial charge in [-0.1, -0.05) is 18.9 Å². The van der Waals surface area contributed by atoms with E-state index in [1.54, 1.807) is 17.6 Å². The standard InChI is InChI=1S/C19H29N3OS2.HI/c1-24-14-5-3-2-4-11-20-19(22-16-18-9-7-15-25-18)21-12-10-17-8-6-13-23-17;/h6-9,13,15H,2-5,10-12,14,16H2,1H3,(H2,20,21,22);1H. The second-order valence-electron chi connectivity index (χ2n) is 5.83. The van der Waals surface area contributed by atoms with Crippen LogP contribution in [0.25, 0.3) is 0 Å². The smallest absolute Gasteiger partial charge is 0.191 e. The second kappa shape index (κ2) is 15.4. The Morgan fingerprint density at radius 2 is 1.96 bits per heavy atom. The number of thiophene rings is 1. The molecule has 2 N–H and O–H groups in total. The first-order chi connectivity index (χ1) is 12.4. The average molecular weight is 508 g/mol. The predicted molar refractivity (Wildman–Crippen MR) is 126 cm³/mol. The van der Waals surface area contributed by atoms with E-state index >= 15 is 0 Å². The molecule has 0 aliphatic rings. The number of halogens is 1. The van der Waals surface area contributed by atoms with Crippen LogP contribution in [0.2, 0.25) is 0 Å². The van der Waals surface area contributed by atoms with Crippen molar-refractivity contribution in [1.82, 2.24) is 10.6 Å². The lowest BCUT2D eigenvalue weighted by atomic mass is 10.2. The van der Waals surface area contributed by atoms with E-state index in [2.05, 4.69) is 34.4 Å². The molecule has 0 unspecified atom stereocenters. The first-order valence-electron chi connectivity index (χ1n) is 8.94. The number of hydrogen-bond acceptors (Lipinski definition) is 4. The fourth-order valence-corrected chi connectivity index (χ4v) is 3.55. The number of thioether (sulfide) groups is 1. The van der Waals surface area contributed by atoms with Crippen molar-refractivity contribution in [3.8, 4) is 0 Å². The summed E-state index contributed by atoms with van der Waals surface area (Å²) in [6.07, 6.45) is 9.85. The molecule has 0 saturated carbocycles. The molecule has 146 valence electrons. The Kier molecular flexibility index (Phi) is 13.8. The lowest BCUT2D eigenvalue weighted by Crippen LogP contribution is -2.38. The van der Waals surface area contributed by atoms with E-state index in [-0.39, 0.29) is 24.0 Å². The van der Waals surface area contributed by atoms with Gasteiger partial charge in [0.2, 0.25) is 0 Å². The molecule has 0 spiro atoms. The van der Waals surface area contributed by atoms with Crippen molar-refractivity contribution in [2.24, 2.45) is 4.99 Å². The molecule has 0 aliphatic carbocycles. The van der Waals surface area contributed by atoms with Gasteiger partial charge in [0.25, 0.3) is 0 Å². The number of aliphatic imine (C=N–C) groups is 1. The van der Waals surface area contributed by atoms with Gasteiger partial charge in [-0.15, -0.1) is 35.3 Å². The Bertz CT molecular complexity index is 574. The first kappa shape index (κ1) is 23.4. The lowest BCUT2D eigenvalue weighted by Gasteiger charge is -2.12. The molecule has 0 amide bonds. The first-order valence-corrected chi connectivity index (χ1v) is 11.2. The molecule has 0 saturated heterocycles. The quantitative estimate of drug-likeness (QED) is 0.180. The van der Waals surface area contributed by atoms with E-state index in [1.807, 2.05) is 23.9 Å². The van der Waals surface area contributed by atoms with Crippen LogP contribution in [0.4, 0.5) is 0 Å². The van der Waals surface area contributed by atoms with Crippen molar-refractivity contribution in [3.05, 3.63) is 46.5 Å². The third kappa shape index (κ3) is 10.5. The molecule has 2 aromatic heterocycles. The zero-order chi connectivity index (χ0) is 17.6. The SMILES string of the molecule is CSCCCCCCNC(=NCc1cccs1)NCCc1ccco1.I. The van der Waals surface area contributed by atoms with Crippen LogP contribution in [0.1, 0.15) is 36.3 Å². The Hall–Kier alpha value is -0.670. The molecule has 0 atom stereocenters. The van der Waals surface area contributed by atoms with E-state index in [1.165, 1.54) is 36.3 Å². The predicted octanol–water partition coefficient (Wildman–Crippen LogP) is 5.16. The summed E-state index contributed by atoms with van der Waals surface area (Å²) < 4.78 is 5.38. The molecule has 4 nitrogen and oxygen atoms in total. The van der Waals surface area contributed by atoms with E-state index in [4.69, 9.17) is 9.41 Å². The third-order valence-corrected chi connectivity index (χ3v) is 5.34. The topological polar surface area (TPSA) is 49.6 Å². The number of nitrogens with one attached hydrogen (secondary N) is 2. The maximum Gasteiger partial charge on any atom is 0.191 e.